The zero-order valence-corrected chi connectivity index (χ0v) is 11.3. The summed E-state index contributed by atoms with van der Waals surface area (Å²) in [6.07, 6.45) is 5.66. The number of hydrogen-bond acceptors (Lipinski definition) is 4. The number of Topliss-reactive ketones (excluding diaryl/α,β-unsaturated/α-hetero) is 1. The lowest BCUT2D eigenvalue weighted by atomic mass is 9.94. The van der Waals surface area contributed by atoms with E-state index in [0.717, 1.165) is 43.0 Å². The van der Waals surface area contributed by atoms with Gasteiger partial charge in [0.2, 0.25) is 0 Å². The minimum atomic E-state index is 0.139. The van der Waals surface area contributed by atoms with Gasteiger partial charge >= 0.3 is 0 Å². The van der Waals surface area contributed by atoms with E-state index in [2.05, 4.69) is 15.0 Å². The van der Waals surface area contributed by atoms with E-state index < -0.39 is 0 Å². The number of piperidine rings is 1. The number of fused-ring (bicyclic) bond motifs is 1. The van der Waals surface area contributed by atoms with Crippen LogP contribution in [0.5, 0.6) is 0 Å². The molecule has 0 aromatic carbocycles. The van der Waals surface area contributed by atoms with Gasteiger partial charge in [0.15, 0.2) is 5.82 Å². The highest BCUT2D eigenvalue weighted by Gasteiger charge is 2.25. The van der Waals surface area contributed by atoms with Gasteiger partial charge in [-0.1, -0.05) is 0 Å². The monoisotopic (exact) mass is 258 g/mol. The van der Waals surface area contributed by atoms with Crippen molar-refractivity contribution >= 4 is 17.1 Å². The Bertz CT molecular complexity index is 619. The molecule has 1 aliphatic heterocycles. The molecule has 2 aromatic rings. The van der Waals surface area contributed by atoms with Crippen LogP contribution in [0.4, 0.5) is 5.82 Å². The molecule has 0 spiro atoms. The lowest BCUT2D eigenvalue weighted by Gasteiger charge is -2.32. The van der Waals surface area contributed by atoms with Gasteiger partial charge in [0, 0.05) is 31.4 Å². The van der Waals surface area contributed by atoms with Crippen LogP contribution in [0.15, 0.2) is 18.5 Å². The molecule has 0 radical (unpaired) electrons. The quantitative estimate of drug-likeness (QED) is 0.824. The van der Waals surface area contributed by atoms with Crippen molar-refractivity contribution in [2.24, 2.45) is 5.92 Å². The molecule has 100 valence electrons. The molecule has 3 heterocycles. The molecule has 0 aliphatic carbocycles. The minimum absolute atomic E-state index is 0.139. The maximum Gasteiger partial charge on any atom is 0.154 e. The van der Waals surface area contributed by atoms with Gasteiger partial charge in [-0.25, -0.2) is 9.50 Å². The average Bonchev–Trinajstić information content (AvgIpc) is 2.78. The molecule has 1 fully saturated rings. The number of aryl methyl sites for hydroxylation is 1. The van der Waals surface area contributed by atoms with Crippen LogP contribution >= 0.6 is 0 Å². The van der Waals surface area contributed by atoms with Crippen LogP contribution in [0.1, 0.15) is 25.5 Å². The van der Waals surface area contributed by atoms with Crippen molar-refractivity contribution in [1.29, 1.82) is 0 Å². The van der Waals surface area contributed by atoms with Crippen LogP contribution in [0, 0.1) is 12.8 Å². The summed E-state index contributed by atoms with van der Waals surface area (Å²) >= 11 is 0. The van der Waals surface area contributed by atoms with Gasteiger partial charge in [-0.3, -0.25) is 4.79 Å². The highest BCUT2D eigenvalue weighted by molar-refractivity contribution is 5.79. The fourth-order valence-electron chi connectivity index (χ4n) is 2.78. The molecule has 1 saturated heterocycles. The summed E-state index contributed by atoms with van der Waals surface area (Å²) in [4.78, 5) is 18.3. The number of carbonyl (C=O) groups is 1. The van der Waals surface area contributed by atoms with Gasteiger partial charge in [-0.2, -0.15) is 5.10 Å². The summed E-state index contributed by atoms with van der Waals surface area (Å²) in [5.41, 5.74) is 2.00. The number of aromatic nitrogens is 3. The summed E-state index contributed by atoms with van der Waals surface area (Å²) < 4.78 is 1.86. The van der Waals surface area contributed by atoms with E-state index in [4.69, 9.17) is 0 Å². The lowest BCUT2D eigenvalue weighted by Crippen LogP contribution is -2.38. The fraction of sp³-hybridized carbons (Fsp3) is 0.500. The van der Waals surface area contributed by atoms with E-state index in [0.29, 0.717) is 0 Å². The van der Waals surface area contributed by atoms with Crippen LogP contribution in [0.2, 0.25) is 0 Å². The number of rotatable bonds is 2. The van der Waals surface area contributed by atoms with Gasteiger partial charge < -0.3 is 4.90 Å². The highest BCUT2D eigenvalue weighted by atomic mass is 16.1. The van der Waals surface area contributed by atoms with Crippen LogP contribution in [0.3, 0.4) is 0 Å². The predicted octanol–water partition coefficient (Wildman–Crippen LogP) is 1.84. The zero-order valence-electron chi connectivity index (χ0n) is 11.3. The van der Waals surface area contributed by atoms with E-state index in [1.54, 1.807) is 13.1 Å². The summed E-state index contributed by atoms with van der Waals surface area (Å²) in [6, 6.07) is 2.04. The zero-order chi connectivity index (χ0) is 13.4. The predicted molar refractivity (Wildman–Crippen MR) is 73.3 cm³/mol. The highest BCUT2D eigenvalue weighted by Crippen LogP contribution is 2.25. The number of carbonyl (C=O) groups excluding carboxylic acids is 1. The number of anilines is 1. The second-order valence-electron chi connectivity index (χ2n) is 5.26. The molecule has 3 rings (SSSR count). The molecule has 1 atom stereocenters. The van der Waals surface area contributed by atoms with Gasteiger partial charge in [0.25, 0.3) is 0 Å². The number of ketones is 1. The lowest BCUT2D eigenvalue weighted by molar-refractivity contribution is -0.120. The third-order valence-corrected chi connectivity index (χ3v) is 3.79. The SMILES string of the molecule is CC(=O)C1CCCN(c2nccn3nc(C)cc23)C1. The normalized spacial score (nSPS) is 19.9. The van der Waals surface area contributed by atoms with Gasteiger partial charge in [-0.15, -0.1) is 0 Å². The first-order valence-corrected chi connectivity index (χ1v) is 6.71. The van der Waals surface area contributed by atoms with E-state index in [1.165, 1.54) is 0 Å². The average molecular weight is 258 g/mol. The largest absolute Gasteiger partial charge is 0.354 e. The molecule has 1 unspecified atom stereocenters. The van der Waals surface area contributed by atoms with E-state index >= 15 is 0 Å². The Morgan fingerprint density at radius 1 is 1.47 bits per heavy atom. The molecule has 0 amide bonds. The minimum Gasteiger partial charge on any atom is -0.354 e. The van der Waals surface area contributed by atoms with Crippen molar-refractivity contribution in [2.75, 3.05) is 18.0 Å². The molecule has 5 nitrogen and oxygen atoms in total. The van der Waals surface area contributed by atoms with Crippen molar-refractivity contribution in [3.63, 3.8) is 0 Å². The molecule has 19 heavy (non-hydrogen) atoms. The Kier molecular flexibility index (Phi) is 2.97. The van der Waals surface area contributed by atoms with Crippen molar-refractivity contribution < 1.29 is 4.79 Å². The van der Waals surface area contributed by atoms with E-state index in [1.807, 2.05) is 23.7 Å². The van der Waals surface area contributed by atoms with Crippen molar-refractivity contribution in [3.8, 4) is 0 Å². The standard InChI is InChI=1S/C14H18N4O/c1-10-8-13-14(15-5-7-18(13)16-10)17-6-3-4-12(9-17)11(2)19/h5,7-8,12H,3-4,6,9H2,1-2H3. The molecule has 0 bridgehead atoms. The van der Waals surface area contributed by atoms with Crippen LogP contribution in [0.25, 0.3) is 5.52 Å². The molecule has 1 aliphatic rings. The van der Waals surface area contributed by atoms with Crippen LogP contribution in [-0.2, 0) is 4.79 Å². The van der Waals surface area contributed by atoms with Crippen molar-refractivity contribution in [1.82, 2.24) is 14.6 Å². The molecule has 2 aromatic heterocycles. The molecule has 5 heteroatoms. The topological polar surface area (TPSA) is 50.5 Å². The van der Waals surface area contributed by atoms with Crippen molar-refractivity contribution in [3.05, 3.63) is 24.2 Å². The summed E-state index contributed by atoms with van der Waals surface area (Å²) in [6.45, 7) is 5.39. The second-order valence-corrected chi connectivity index (χ2v) is 5.26. The maximum atomic E-state index is 11.6. The molecular weight excluding hydrogens is 240 g/mol. The fourth-order valence-corrected chi connectivity index (χ4v) is 2.78. The number of hydrogen-bond donors (Lipinski definition) is 0. The molecular formula is C14H18N4O. The second kappa shape index (κ2) is 4.64. The van der Waals surface area contributed by atoms with Crippen LogP contribution < -0.4 is 4.90 Å². The maximum absolute atomic E-state index is 11.6. The Balaban J connectivity index is 1.97. The van der Waals surface area contributed by atoms with Gasteiger partial charge in [-0.05, 0) is 32.8 Å². The summed E-state index contributed by atoms with van der Waals surface area (Å²) in [5.74, 6) is 1.36. The van der Waals surface area contributed by atoms with Crippen LogP contribution in [-0.4, -0.2) is 33.5 Å². The van der Waals surface area contributed by atoms with E-state index in [-0.39, 0.29) is 11.7 Å². The molecule has 0 saturated carbocycles. The summed E-state index contributed by atoms with van der Waals surface area (Å²) in [7, 11) is 0. The van der Waals surface area contributed by atoms with Crippen molar-refractivity contribution in [2.45, 2.75) is 26.7 Å². The van der Waals surface area contributed by atoms with E-state index in [9.17, 15) is 4.79 Å². The first kappa shape index (κ1) is 12.1. The van der Waals surface area contributed by atoms with Gasteiger partial charge in [0.1, 0.15) is 11.3 Å². The Morgan fingerprint density at radius 2 is 2.32 bits per heavy atom. The summed E-state index contributed by atoms with van der Waals surface area (Å²) in [5, 5.41) is 4.41. The Labute approximate surface area is 112 Å². The smallest absolute Gasteiger partial charge is 0.154 e. The first-order chi connectivity index (χ1) is 9.15. The third-order valence-electron chi connectivity index (χ3n) is 3.79. The number of nitrogens with zero attached hydrogens (tertiary/aromatic N) is 4. The third kappa shape index (κ3) is 2.20. The first-order valence-electron chi connectivity index (χ1n) is 6.71. The Hall–Kier alpha value is -1.91. The molecule has 0 N–H and O–H groups in total. The van der Waals surface area contributed by atoms with Gasteiger partial charge in [0.05, 0.1) is 5.69 Å². The Morgan fingerprint density at radius 3 is 3.11 bits per heavy atom.